The van der Waals surface area contributed by atoms with E-state index in [1.807, 2.05) is 0 Å². The average Bonchev–Trinajstić information content (AvgIpc) is 2.19. The third-order valence-electron chi connectivity index (χ3n) is 1.07. The summed E-state index contributed by atoms with van der Waals surface area (Å²) in [5.41, 5.74) is 0.104. The first-order valence-corrected chi connectivity index (χ1v) is 3.63. The Morgan fingerprint density at radius 1 is 1.75 bits per heavy atom. The van der Waals surface area contributed by atoms with Gasteiger partial charge < -0.3 is 4.74 Å². The fourth-order valence-corrected chi connectivity index (χ4v) is 1.73. The molecule has 1 unspecified atom stereocenters. The molecule has 0 amide bonds. The van der Waals surface area contributed by atoms with Crippen LogP contribution in [0.15, 0.2) is 0 Å². The SMILES string of the molecule is O=[C]OC1CCCS1. The number of hydrogen-bond donors (Lipinski definition) is 0. The number of thioether (sulfide) groups is 1. The number of rotatable bonds is 2. The largest absolute Gasteiger partial charge is 0.443 e. The summed E-state index contributed by atoms with van der Waals surface area (Å²) in [7, 11) is 0. The van der Waals surface area contributed by atoms with E-state index in [0.29, 0.717) is 0 Å². The van der Waals surface area contributed by atoms with Crippen molar-refractivity contribution in [3.05, 3.63) is 0 Å². The van der Waals surface area contributed by atoms with Crippen LogP contribution in [-0.4, -0.2) is 17.7 Å². The van der Waals surface area contributed by atoms with Crippen LogP contribution in [0.4, 0.5) is 0 Å². The quantitative estimate of drug-likeness (QED) is 0.557. The van der Waals surface area contributed by atoms with Crippen LogP contribution >= 0.6 is 11.8 Å². The Labute approximate surface area is 52.6 Å². The normalized spacial score (nSPS) is 27.8. The van der Waals surface area contributed by atoms with Crippen LogP contribution in [0.2, 0.25) is 0 Å². The second-order valence-corrected chi connectivity index (χ2v) is 2.91. The molecule has 0 aromatic rings. The van der Waals surface area contributed by atoms with Gasteiger partial charge in [0.1, 0.15) is 5.44 Å². The maximum absolute atomic E-state index is 9.60. The molecule has 0 saturated carbocycles. The van der Waals surface area contributed by atoms with E-state index in [1.165, 1.54) is 6.47 Å². The van der Waals surface area contributed by atoms with Crippen LogP contribution in [0.3, 0.4) is 0 Å². The number of ether oxygens (including phenoxy) is 1. The molecular weight excluding hydrogens is 124 g/mol. The van der Waals surface area contributed by atoms with Crippen LogP contribution in [0.1, 0.15) is 12.8 Å². The molecule has 3 heteroatoms. The van der Waals surface area contributed by atoms with E-state index in [4.69, 9.17) is 0 Å². The van der Waals surface area contributed by atoms with Gasteiger partial charge in [-0.2, -0.15) is 0 Å². The second kappa shape index (κ2) is 2.97. The van der Waals surface area contributed by atoms with Gasteiger partial charge in [-0.1, -0.05) is 0 Å². The van der Waals surface area contributed by atoms with E-state index in [-0.39, 0.29) is 5.44 Å². The zero-order valence-electron chi connectivity index (χ0n) is 4.42. The summed E-state index contributed by atoms with van der Waals surface area (Å²) in [4.78, 5) is 9.60. The minimum atomic E-state index is 0.104. The van der Waals surface area contributed by atoms with Crippen molar-refractivity contribution >= 4 is 18.2 Å². The summed E-state index contributed by atoms with van der Waals surface area (Å²) < 4.78 is 4.56. The molecule has 1 atom stereocenters. The van der Waals surface area contributed by atoms with Gasteiger partial charge in [0.15, 0.2) is 0 Å². The third-order valence-corrected chi connectivity index (χ3v) is 2.30. The lowest BCUT2D eigenvalue weighted by atomic mass is 10.4. The highest BCUT2D eigenvalue weighted by Crippen LogP contribution is 2.25. The zero-order valence-corrected chi connectivity index (χ0v) is 5.24. The van der Waals surface area contributed by atoms with Crippen molar-refractivity contribution in [1.29, 1.82) is 0 Å². The van der Waals surface area contributed by atoms with E-state index in [1.54, 1.807) is 11.8 Å². The molecule has 8 heavy (non-hydrogen) atoms. The topological polar surface area (TPSA) is 26.3 Å². The molecule has 0 aliphatic carbocycles. The highest BCUT2D eigenvalue weighted by Gasteiger charge is 2.15. The third kappa shape index (κ3) is 1.40. The van der Waals surface area contributed by atoms with Crippen LogP contribution in [-0.2, 0) is 9.53 Å². The zero-order chi connectivity index (χ0) is 5.82. The van der Waals surface area contributed by atoms with Crippen molar-refractivity contribution in [3.63, 3.8) is 0 Å². The second-order valence-electron chi connectivity index (χ2n) is 1.64. The molecule has 0 N–H and O–H groups in total. The van der Waals surface area contributed by atoms with Gasteiger partial charge in [-0.25, -0.2) is 4.79 Å². The van der Waals surface area contributed by atoms with Crippen LogP contribution < -0.4 is 0 Å². The molecule has 0 aromatic carbocycles. The maximum Gasteiger partial charge on any atom is 0.418 e. The summed E-state index contributed by atoms with van der Waals surface area (Å²) in [6, 6.07) is 0. The summed E-state index contributed by atoms with van der Waals surface area (Å²) in [6.07, 6.45) is 2.16. The Balaban J connectivity index is 2.14. The molecular formula is C5H7O2S. The Kier molecular flexibility index (Phi) is 2.21. The molecule has 1 heterocycles. The minimum Gasteiger partial charge on any atom is -0.443 e. The van der Waals surface area contributed by atoms with Gasteiger partial charge in [-0.3, -0.25) is 0 Å². The van der Waals surface area contributed by atoms with E-state index >= 15 is 0 Å². The van der Waals surface area contributed by atoms with Crippen molar-refractivity contribution in [3.8, 4) is 0 Å². The van der Waals surface area contributed by atoms with Crippen molar-refractivity contribution in [2.75, 3.05) is 5.75 Å². The van der Waals surface area contributed by atoms with Gasteiger partial charge in [-0.15, -0.1) is 11.8 Å². The fourth-order valence-electron chi connectivity index (χ4n) is 0.695. The standard InChI is InChI=1S/C5H7O2S/c6-4-7-5-2-1-3-8-5/h5H,1-3H2. The molecule has 2 nitrogen and oxygen atoms in total. The first-order valence-electron chi connectivity index (χ1n) is 2.58. The van der Waals surface area contributed by atoms with Crippen molar-refractivity contribution in [1.82, 2.24) is 0 Å². The molecule has 0 aromatic heterocycles. The molecule has 0 bridgehead atoms. The molecule has 0 spiro atoms. The van der Waals surface area contributed by atoms with Crippen LogP contribution in [0.25, 0.3) is 0 Å². The number of carbonyl (C=O) groups excluding carboxylic acids is 1. The lowest BCUT2D eigenvalue weighted by Gasteiger charge is -2.01. The monoisotopic (exact) mass is 131 g/mol. The maximum atomic E-state index is 9.60. The lowest BCUT2D eigenvalue weighted by molar-refractivity contribution is 0.250. The Hall–Kier alpha value is -0.180. The molecule has 1 aliphatic heterocycles. The highest BCUT2D eigenvalue weighted by atomic mass is 32.2. The van der Waals surface area contributed by atoms with Gasteiger partial charge in [0.2, 0.25) is 0 Å². The van der Waals surface area contributed by atoms with Gasteiger partial charge >= 0.3 is 6.47 Å². The van der Waals surface area contributed by atoms with Gasteiger partial charge in [0, 0.05) is 0 Å². The Morgan fingerprint density at radius 2 is 2.62 bits per heavy atom. The van der Waals surface area contributed by atoms with E-state index in [9.17, 15) is 4.79 Å². The van der Waals surface area contributed by atoms with E-state index < -0.39 is 0 Å². The van der Waals surface area contributed by atoms with Gasteiger partial charge in [-0.05, 0) is 18.6 Å². The van der Waals surface area contributed by atoms with Gasteiger partial charge in [0.05, 0.1) is 0 Å². The van der Waals surface area contributed by atoms with E-state index in [2.05, 4.69) is 4.74 Å². The van der Waals surface area contributed by atoms with Crippen molar-refractivity contribution in [2.45, 2.75) is 18.3 Å². The molecule has 1 fully saturated rings. The van der Waals surface area contributed by atoms with Crippen LogP contribution in [0.5, 0.6) is 0 Å². The predicted octanol–water partition coefficient (Wildman–Crippen LogP) is 0.923. The molecule has 45 valence electrons. The van der Waals surface area contributed by atoms with Crippen molar-refractivity contribution in [2.24, 2.45) is 0 Å². The minimum absolute atomic E-state index is 0.104. The molecule has 1 aliphatic rings. The molecule has 1 radical (unpaired) electrons. The highest BCUT2D eigenvalue weighted by molar-refractivity contribution is 8.00. The van der Waals surface area contributed by atoms with Crippen LogP contribution in [0, 0.1) is 0 Å². The average molecular weight is 131 g/mol. The summed E-state index contributed by atoms with van der Waals surface area (Å²) in [5, 5.41) is 0. The first kappa shape index (κ1) is 5.95. The smallest absolute Gasteiger partial charge is 0.418 e. The Morgan fingerprint density at radius 3 is 3.12 bits per heavy atom. The molecule has 1 rings (SSSR count). The summed E-state index contributed by atoms with van der Waals surface area (Å²) in [6.45, 7) is 1.44. The fraction of sp³-hybridized carbons (Fsp3) is 0.800. The lowest BCUT2D eigenvalue weighted by Crippen LogP contribution is -2.00. The summed E-state index contributed by atoms with van der Waals surface area (Å²) in [5.74, 6) is 1.12. The number of hydrogen-bond acceptors (Lipinski definition) is 3. The predicted molar refractivity (Wildman–Crippen MR) is 32.3 cm³/mol. The molecule has 1 saturated heterocycles. The first-order chi connectivity index (χ1) is 3.93. The van der Waals surface area contributed by atoms with Gasteiger partial charge in [0.25, 0.3) is 0 Å². The van der Waals surface area contributed by atoms with Crippen molar-refractivity contribution < 1.29 is 9.53 Å². The Bertz CT molecular complexity index is 78.5. The summed E-state index contributed by atoms with van der Waals surface area (Å²) >= 11 is 1.68. The van der Waals surface area contributed by atoms with E-state index in [0.717, 1.165) is 18.6 Å².